The second kappa shape index (κ2) is 5.67. The van der Waals surface area contributed by atoms with Crippen LogP contribution in [0.1, 0.15) is 25.6 Å². The molecule has 1 amide bonds. The van der Waals surface area contributed by atoms with Crippen molar-refractivity contribution in [2.75, 3.05) is 26.3 Å². The Balaban J connectivity index is 2.19. The molecule has 5 nitrogen and oxygen atoms in total. The molecule has 1 fully saturated rings. The van der Waals surface area contributed by atoms with Crippen molar-refractivity contribution in [3.63, 3.8) is 0 Å². The molecule has 0 aliphatic carbocycles. The summed E-state index contributed by atoms with van der Waals surface area (Å²) in [6.07, 6.45) is 2.74. The Bertz CT molecular complexity index is 474. The monoisotopic (exact) mass is 269 g/mol. The summed E-state index contributed by atoms with van der Waals surface area (Å²) >= 11 is 5.25. The van der Waals surface area contributed by atoms with E-state index in [1.165, 1.54) is 0 Å². The van der Waals surface area contributed by atoms with Crippen LogP contribution in [-0.2, 0) is 16.0 Å². The van der Waals surface area contributed by atoms with E-state index in [2.05, 4.69) is 11.9 Å². The lowest BCUT2D eigenvalue weighted by Gasteiger charge is -2.30. The maximum Gasteiger partial charge on any atom is 0.245 e. The third-order valence-electron chi connectivity index (χ3n) is 3.32. The minimum Gasteiger partial charge on any atom is -0.378 e. The number of carbonyl (C=O) groups is 1. The summed E-state index contributed by atoms with van der Waals surface area (Å²) in [6.45, 7) is 6.54. The van der Waals surface area contributed by atoms with Gasteiger partial charge >= 0.3 is 0 Å². The van der Waals surface area contributed by atoms with Gasteiger partial charge in [-0.3, -0.25) is 4.79 Å². The summed E-state index contributed by atoms with van der Waals surface area (Å²) in [6, 6.07) is -0.253. The number of H-pyrrole nitrogens is 1. The number of carbonyl (C=O) groups excluding carboxylic acids is 1. The SMILES string of the molecule is CCc1c[nH]c(=S)n1C(C)C(=O)N1CCOCC1. The molecule has 1 aliphatic rings. The largest absolute Gasteiger partial charge is 0.378 e. The summed E-state index contributed by atoms with van der Waals surface area (Å²) in [5, 5.41) is 0. The molecule has 0 saturated carbocycles. The molecule has 1 aromatic heterocycles. The maximum atomic E-state index is 12.4. The van der Waals surface area contributed by atoms with Gasteiger partial charge in [-0.05, 0) is 25.6 Å². The highest BCUT2D eigenvalue weighted by atomic mass is 32.1. The molecule has 1 N–H and O–H groups in total. The molecule has 18 heavy (non-hydrogen) atoms. The van der Waals surface area contributed by atoms with E-state index in [1.807, 2.05) is 22.6 Å². The van der Waals surface area contributed by atoms with Crippen molar-refractivity contribution >= 4 is 18.1 Å². The van der Waals surface area contributed by atoms with Crippen LogP contribution in [0.15, 0.2) is 6.20 Å². The molecule has 0 radical (unpaired) electrons. The predicted octanol–water partition coefficient (Wildman–Crippen LogP) is 1.53. The Labute approximate surface area is 112 Å². The lowest BCUT2D eigenvalue weighted by atomic mass is 10.2. The molecule has 1 aliphatic heterocycles. The second-order valence-electron chi connectivity index (χ2n) is 4.42. The number of aromatic amines is 1. The third-order valence-corrected chi connectivity index (χ3v) is 3.63. The van der Waals surface area contributed by atoms with Crippen molar-refractivity contribution in [2.24, 2.45) is 0 Å². The number of ether oxygens (including phenoxy) is 1. The first-order chi connectivity index (χ1) is 8.65. The van der Waals surface area contributed by atoms with E-state index in [9.17, 15) is 4.79 Å². The maximum absolute atomic E-state index is 12.4. The fourth-order valence-corrected chi connectivity index (χ4v) is 2.60. The molecule has 0 aromatic carbocycles. The van der Waals surface area contributed by atoms with E-state index < -0.39 is 0 Å². The molecule has 100 valence electrons. The van der Waals surface area contributed by atoms with Gasteiger partial charge in [-0.2, -0.15) is 0 Å². The second-order valence-corrected chi connectivity index (χ2v) is 4.81. The molecular weight excluding hydrogens is 250 g/mol. The molecule has 1 saturated heterocycles. The van der Waals surface area contributed by atoms with Gasteiger partial charge in [0.25, 0.3) is 0 Å². The average Bonchev–Trinajstić information content (AvgIpc) is 2.79. The van der Waals surface area contributed by atoms with Crippen LogP contribution >= 0.6 is 12.2 Å². The smallest absolute Gasteiger partial charge is 0.245 e. The first-order valence-electron chi connectivity index (χ1n) is 6.30. The van der Waals surface area contributed by atoms with Crippen molar-refractivity contribution in [2.45, 2.75) is 26.3 Å². The van der Waals surface area contributed by atoms with Crippen LogP contribution in [0.2, 0.25) is 0 Å². The van der Waals surface area contributed by atoms with Crippen molar-refractivity contribution in [3.05, 3.63) is 16.7 Å². The van der Waals surface area contributed by atoms with Crippen LogP contribution in [0.3, 0.4) is 0 Å². The van der Waals surface area contributed by atoms with Crippen molar-refractivity contribution in [1.29, 1.82) is 0 Å². The lowest BCUT2D eigenvalue weighted by molar-refractivity contribution is -0.138. The van der Waals surface area contributed by atoms with E-state index in [1.54, 1.807) is 0 Å². The highest BCUT2D eigenvalue weighted by Crippen LogP contribution is 2.16. The zero-order chi connectivity index (χ0) is 13.1. The van der Waals surface area contributed by atoms with Crippen LogP contribution in [0.25, 0.3) is 0 Å². The number of hydrogen-bond donors (Lipinski definition) is 1. The number of hydrogen-bond acceptors (Lipinski definition) is 3. The first-order valence-corrected chi connectivity index (χ1v) is 6.71. The average molecular weight is 269 g/mol. The molecule has 1 atom stereocenters. The van der Waals surface area contributed by atoms with E-state index in [0.717, 1.165) is 12.1 Å². The minimum absolute atomic E-state index is 0.115. The van der Waals surface area contributed by atoms with Gasteiger partial charge in [-0.15, -0.1) is 0 Å². The summed E-state index contributed by atoms with van der Waals surface area (Å²) in [5.74, 6) is 0.115. The van der Waals surface area contributed by atoms with Crippen LogP contribution < -0.4 is 0 Å². The Kier molecular flexibility index (Phi) is 4.19. The molecule has 0 spiro atoms. The number of morpholine rings is 1. The first kappa shape index (κ1) is 13.3. The fourth-order valence-electron chi connectivity index (χ4n) is 2.27. The summed E-state index contributed by atoms with van der Waals surface area (Å²) in [5.41, 5.74) is 1.06. The van der Waals surface area contributed by atoms with E-state index in [4.69, 9.17) is 17.0 Å². The van der Waals surface area contributed by atoms with Crippen LogP contribution in [0, 0.1) is 4.77 Å². The third kappa shape index (κ3) is 2.49. The molecule has 2 heterocycles. The Hall–Kier alpha value is -1.14. The highest BCUT2D eigenvalue weighted by molar-refractivity contribution is 7.71. The van der Waals surface area contributed by atoms with Gasteiger partial charge < -0.3 is 19.2 Å². The summed E-state index contributed by atoms with van der Waals surface area (Å²) < 4.78 is 7.78. The lowest BCUT2D eigenvalue weighted by Crippen LogP contribution is -2.43. The van der Waals surface area contributed by atoms with E-state index in [0.29, 0.717) is 31.1 Å². The fraction of sp³-hybridized carbons (Fsp3) is 0.667. The van der Waals surface area contributed by atoms with Crippen molar-refractivity contribution in [3.8, 4) is 0 Å². The van der Waals surface area contributed by atoms with E-state index >= 15 is 0 Å². The molecule has 1 unspecified atom stereocenters. The molecular formula is C12H19N3O2S. The number of rotatable bonds is 3. The zero-order valence-electron chi connectivity index (χ0n) is 10.8. The quantitative estimate of drug-likeness (QED) is 0.847. The van der Waals surface area contributed by atoms with Gasteiger partial charge in [-0.25, -0.2) is 0 Å². The Morgan fingerprint density at radius 3 is 2.83 bits per heavy atom. The Morgan fingerprint density at radius 2 is 2.22 bits per heavy atom. The highest BCUT2D eigenvalue weighted by Gasteiger charge is 2.25. The van der Waals surface area contributed by atoms with Gasteiger partial charge in [0, 0.05) is 25.0 Å². The van der Waals surface area contributed by atoms with Crippen molar-refractivity contribution in [1.82, 2.24) is 14.5 Å². The normalized spacial score (nSPS) is 17.8. The standard InChI is InChI=1S/C12H19N3O2S/c1-3-10-8-13-12(18)15(10)9(2)11(16)14-4-6-17-7-5-14/h8-9H,3-7H2,1-2H3,(H,13,18). The number of aryl methyl sites for hydroxylation is 1. The summed E-state index contributed by atoms with van der Waals surface area (Å²) in [4.78, 5) is 17.3. The van der Waals surface area contributed by atoms with Gasteiger partial charge in [-0.1, -0.05) is 6.92 Å². The number of nitrogens with one attached hydrogen (secondary N) is 1. The minimum atomic E-state index is -0.253. The van der Waals surface area contributed by atoms with Gasteiger partial charge in [0.2, 0.25) is 5.91 Å². The number of nitrogens with zero attached hydrogens (tertiary/aromatic N) is 2. The Morgan fingerprint density at radius 1 is 1.56 bits per heavy atom. The van der Waals surface area contributed by atoms with E-state index in [-0.39, 0.29) is 11.9 Å². The zero-order valence-corrected chi connectivity index (χ0v) is 11.6. The molecule has 2 rings (SSSR count). The van der Waals surface area contributed by atoms with Crippen LogP contribution in [-0.4, -0.2) is 46.7 Å². The van der Waals surface area contributed by atoms with Gasteiger partial charge in [0.05, 0.1) is 13.2 Å². The predicted molar refractivity (Wildman–Crippen MR) is 71.1 cm³/mol. The number of amides is 1. The topological polar surface area (TPSA) is 50.3 Å². The molecule has 6 heteroatoms. The number of imidazole rings is 1. The van der Waals surface area contributed by atoms with Crippen LogP contribution in [0.4, 0.5) is 0 Å². The molecule has 1 aromatic rings. The van der Waals surface area contributed by atoms with Gasteiger partial charge in [0.15, 0.2) is 4.77 Å². The van der Waals surface area contributed by atoms with Crippen LogP contribution in [0.5, 0.6) is 0 Å². The number of aromatic nitrogens is 2. The summed E-state index contributed by atoms with van der Waals surface area (Å²) in [7, 11) is 0. The van der Waals surface area contributed by atoms with Gasteiger partial charge in [0.1, 0.15) is 6.04 Å². The molecule has 0 bridgehead atoms. The van der Waals surface area contributed by atoms with Crippen molar-refractivity contribution < 1.29 is 9.53 Å².